The van der Waals surface area contributed by atoms with Crippen molar-refractivity contribution >= 4 is 21.7 Å². The Labute approximate surface area is 134 Å². The van der Waals surface area contributed by atoms with E-state index in [0.717, 1.165) is 0 Å². The van der Waals surface area contributed by atoms with E-state index in [1.165, 1.54) is 17.0 Å². The van der Waals surface area contributed by atoms with Gasteiger partial charge in [0.15, 0.2) is 9.84 Å². The zero-order valence-corrected chi connectivity index (χ0v) is 13.3. The molecule has 122 valence electrons. The second-order valence-electron chi connectivity index (χ2n) is 5.57. The number of hydrogen-bond donors (Lipinski definition) is 1. The van der Waals surface area contributed by atoms with Crippen molar-refractivity contribution in [1.29, 1.82) is 5.26 Å². The zero-order valence-electron chi connectivity index (χ0n) is 12.4. The van der Waals surface area contributed by atoms with Gasteiger partial charge in [-0.25, -0.2) is 8.42 Å². The van der Waals surface area contributed by atoms with Crippen LogP contribution >= 0.6 is 0 Å². The largest absolute Gasteiger partial charge is 0.369 e. The second-order valence-corrected chi connectivity index (χ2v) is 7.63. The molecule has 1 aliphatic rings. The number of sulfone groups is 1. The highest BCUT2D eigenvalue weighted by molar-refractivity contribution is 7.91. The highest BCUT2D eigenvalue weighted by atomic mass is 32.2. The third-order valence-electron chi connectivity index (χ3n) is 3.76. The van der Waals surface area contributed by atoms with Gasteiger partial charge in [0.25, 0.3) is 0 Å². The summed E-state index contributed by atoms with van der Waals surface area (Å²) in [6.45, 7) is 0.527. The summed E-state index contributed by atoms with van der Waals surface area (Å²) in [6.07, 6.45) is 0.469. The average molecular weight is 335 g/mol. The lowest BCUT2D eigenvalue weighted by Crippen LogP contribution is -2.35. The fraction of sp³-hybridized carbons (Fsp3) is 0.400. The van der Waals surface area contributed by atoms with E-state index in [0.29, 0.717) is 24.1 Å². The molecule has 0 aromatic heterocycles. The molecular weight excluding hydrogens is 318 g/mol. The molecule has 0 saturated carbocycles. The second kappa shape index (κ2) is 6.79. The number of carbonyl (C=O) groups excluding carboxylic acids is 2. The monoisotopic (exact) mass is 335 g/mol. The summed E-state index contributed by atoms with van der Waals surface area (Å²) in [7, 11) is -3.62. The first-order valence-electron chi connectivity index (χ1n) is 7.07. The van der Waals surface area contributed by atoms with E-state index in [4.69, 9.17) is 11.0 Å². The molecule has 7 nitrogen and oxygen atoms in total. The topological polar surface area (TPSA) is 121 Å². The maximum atomic E-state index is 12.1. The average Bonchev–Trinajstić information content (AvgIpc) is 2.97. The lowest BCUT2D eigenvalue weighted by atomic mass is 10.1. The summed E-state index contributed by atoms with van der Waals surface area (Å²) in [6, 6.07) is 8.13. The van der Waals surface area contributed by atoms with Crippen molar-refractivity contribution in [2.45, 2.75) is 12.2 Å². The zero-order chi connectivity index (χ0) is 17.0. The minimum atomic E-state index is -3.62. The number of carbonyl (C=O) groups is 2. The summed E-state index contributed by atoms with van der Waals surface area (Å²) >= 11 is 0. The summed E-state index contributed by atoms with van der Waals surface area (Å²) in [5, 5.41) is 8.71. The van der Waals surface area contributed by atoms with Crippen LogP contribution in [0.3, 0.4) is 0 Å². The molecule has 1 atom stereocenters. The SMILES string of the molecule is N#Cc1ccc(CS(=O)(=O)CC(=O)N2CC[C@H](C(N)=O)C2)cc1. The van der Waals surface area contributed by atoms with Crippen molar-refractivity contribution < 1.29 is 18.0 Å². The Hall–Kier alpha value is -2.40. The molecule has 1 aromatic rings. The van der Waals surface area contributed by atoms with Gasteiger partial charge >= 0.3 is 0 Å². The fourth-order valence-corrected chi connectivity index (χ4v) is 3.84. The van der Waals surface area contributed by atoms with Crippen LogP contribution in [0, 0.1) is 17.2 Å². The Morgan fingerprint density at radius 3 is 2.48 bits per heavy atom. The van der Waals surface area contributed by atoms with Crippen molar-refractivity contribution in [2.75, 3.05) is 18.8 Å². The van der Waals surface area contributed by atoms with Crippen LogP contribution in [0.5, 0.6) is 0 Å². The minimum Gasteiger partial charge on any atom is -0.369 e. The first kappa shape index (κ1) is 17.0. The number of nitrogens with zero attached hydrogens (tertiary/aromatic N) is 2. The van der Waals surface area contributed by atoms with E-state index < -0.39 is 33.3 Å². The van der Waals surface area contributed by atoms with Crippen LogP contribution in [-0.2, 0) is 25.2 Å². The van der Waals surface area contributed by atoms with Crippen LogP contribution in [0.4, 0.5) is 0 Å². The van der Waals surface area contributed by atoms with E-state index in [1.54, 1.807) is 12.1 Å². The molecule has 1 saturated heterocycles. The van der Waals surface area contributed by atoms with E-state index in [-0.39, 0.29) is 12.3 Å². The number of likely N-dealkylation sites (tertiary alicyclic amines) is 1. The standard InChI is InChI=1S/C15H17N3O4S/c16-7-11-1-3-12(4-2-11)9-23(21,22)10-14(19)18-6-5-13(8-18)15(17)20/h1-4,13H,5-6,8-10H2,(H2,17,20)/t13-/m0/s1. The van der Waals surface area contributed by atoms with Gasteiger partial charge in [0, 0.05) is 13.1 Å². The van der Waals surface area contributed by atoms with Gasteiger partial charge in [-0.05, 0) is 24.1 Å². The van der Waals surface area contributed by atoms with Crippen LogP contribution in [-0.4, -0.2) is 44.0 Å². The summed E-state index contributed by atoms with van der Waals surface area (Å²) in [4.78, 5) is 24.5. The van der Waals surface area contributed by atoms with Crippen LogP contribution in [0.15, 0.2) is 24.3 Å². The first-order valence-corrected chi connectivity index (χ1v) is 8.89. The molecule has 0 bridgehead atoms. The van der Waals surface area contributed by atoms with Gasteiger partial charge in [0.05, 0.1) is 23.3 Å². The number of nitrogens with two attached hydrogens (primary N) is 1. The number of rotatable bonds is 5. The van der Waals surface area contributed by atoms with Crippen LogP contribution in [0.25, 0.3) is 0 Å². The van der Waals surface area contributed by atoms with Crippen molar-refractivity contribution in [1.82, 2.24) is 4.90 Å². The molecule has 2 rings (SSSR count). The number of nitriles is 1. The highest BCUT2D eigenvalue weighted by Crippen LogP contribution is 2.17. The Kier molecular flexibility index (Phi) is 5.01. The number of hydrogen-bond acceptors (Lipinski definition) is 5. The fourth-order valence-electron chi connectivity index (χ4n) is 2.48. The van der Waals surface area contributed by atoms with Gasteiger partial charge in [-0.1, -0.05) is 12.1 Å². The Balaban J connectivity index is 1.96. The lowest BCUT2D eigenvalue weighted by molar-refractivity contribution is -0.127. The molecule has 23 heavy (non-hydrogen) atoms. The molecule has 1 aromatic carbocycles. The summed E-state index contributed by atoms with van der Waals surface area (Å²) in [5.74, 6) is -2.25. The number of amides is 2. The van der Waals surface area contributed by atoms with Crippen molar-refractivity contribution in [2.24, 2.45) is 11.7 Å². The first-order chi connectivity index (χ1) is 10.8. The maximum absolute atomic E-state index is 12.1. The molecule has 1 heterocycles. The Bertz CT molecular complexity index is 750. The molecule has 0 aliphatic carbocycles. The Morgan fingerprint density at radius 2 is 1.96 bits per heavy atom. The number of benzene rings is 1. The maximum Gasteiger partial charge on any atom is 0.237 e. The molecule has 1 fully saturated rings. The highest BCUT2D eigenvalue weighted by Gasteiger charge is 2.31. The van der Waals surface area contributed by atoms with Crippen molar-refractivity contribution in [3.63, 3.8) is 0 Å². The van der Waals surface area contributed by atoms with E-state index in [2.05, 4.69) is 0 Å². The van der Waals surface area contributed by atoms with Gasteiger partial charge in [-0.15, -0.1) is 0 Å². The van der Waals surface area contributed by atoms with Crippen LogP contribution in [0.2, 0.25) is 0 Å². The molecule has 1 aliphatic heterocycles. The minimum absolute atomic E-state index is 0.181. The van der Waals surface area contributed by atoms with Gasteiger partial charge in [-0.2, -0.15) is 5.26 Å². The van der Waals surface area contributed by atoms with Crippen molar-refractivity contribution in [3.8, 4) is 6.07 Å². The lowest BCUT2D eigenvalue weighted by Gasteiger charge is -2.16. The third kappa shape index (κ3) is 4.53. The predicted molar refractivity (Wildman–Crippen MR) is 82.5 cm³/mol. The molecule has 2 N–H and O–H groups in total. The predicted octanol–water partition coefficient (Wildman–Crippen LogP) is -0.193. The molecule has 8 heteroatoms. The smallest absolute Gasteiger partial charge is 0.237 e. The van der Waals surface area contributed by atoms with Gasteiger partial charge in [-0.3, -0.25) is 9.59 Å². The van der Waals surface area contributed by atoms with Gasteiger partial charge in [0.2, 0.25) is 11.8 Å². The molecule has 0 unspecified atom stereocenters. The van der Waals surface area contributed by atoms with Gasteiger partial charge < -0.3 is 10.6 Å². The molecule has 2 amide bonds. The molecule has 0 radical (unpaired) electrons. The van der Waals surface area contributed by atoms with Crippen LogP contribution in [0.1, 0.15) is 17.5 Å². The summed E-state index contributed by atoms with van der Waals surface area (Å²) < 4.78 is 24.3. The Morgan fingerprint density at radius 1 is 1.30 bits per heavy atom. The van der Waals surface area contributed by atoms with E-state index in [9.17, 15) is 18.0 Å². The third-order valence-corrected chi connectivity index (χ3v) is 5.22. The number of primary amides is 1. The normalized spacial score (nSPS) is 17.7. The quantitative estimate of drug-likeness (QED) is 0.799. The molecule has 0 spiro atoms. The van der Waals surface area contributed by atoms with Gasteiger partial charge in [0.1, 0.15) is 5.75 Å². The van der Waals surface area contributed by atoms with Crippen LogP contribution < -0.4 is 5.73 Å². The van der Waals surface area contributed by atoms with E-state index >= 15 is 0 Å². The summed E-state index contributed by atoms with van der Waals surface area (Å²) in [5.41, 5.74) is 6.16. The van der Waals surface area contributed by atoms with Crippen molar-refractivity contribution in [3.05, 3.63) is 35.4 Å². The molecular formula is C15H17N3O4S. The van der Waals surface area contributed by atoms with E-state index in [1.807, 2.05) is 6.07 Å².